The number of aliphatic hydroxyl groups excluding tert-OH is 1. The van der Waals surface area contributed by atoms with Gasteiger partial charge < -0.3 is 5.11 Å². The van der Waals surface area contributed by atoms with Crippen molar-refractivity contribution in [3.63, 3.8) is 0 Å². The van der Waals surface area contributed by atoms with Gasteiger partial charge in [0.1, 0.15) is 5.01 Å². The number of aliphatic hydroxyl groups is 1. The Morgan fingerprint density at radius 1 is 1.62 bits per heavy atom. The van der Waals surface area contributed by atoms with Gasteiger partial charge in [-0.05, 0) is 0 Å². The van der Waals surface area contributed by atoms with Crippen molar-refractivity contribution in [1.29, 1.82) is 0 Å². The summed E-state index contributed by atoms with van der Waals surface area (Å²) >= 11 is 5.17. The average molecular weight is 148 g/mol. The van der Waals surface area contributed by atoms with Gasteiger partial charge in [0.15, 0.2) is 4.34 Å². The van der Waals surface area contributed by atoms with Crippen LogP contribution in [0.3, 0.4) is 0 Å². The first-order chi connectivity index (χ1) is 3.83. The van der Waals surface area contributed by atoms with Gasteiger partial charge in [0.2, 0.25) is 0 Å². The first-order valence-corrected chi connectivity index (χ1v) is 3.21. The van der Waals surface area contributed by atoms with Crippen LogP contribution in [0.2, 0.25) is 0 Å². The van der Waals surface area contributed by atoms with Crippen LogP contribution in [0.4, 0.5) is 0 Å². The molecule has 44 valence electrons. The molecule has 0 unspecified atom stereocenters. The lowest BCUT2D eigenvalue weighted by Crippen LogP contribution is -1.78. The molecule has 0 aliphatic heterocycles. The molecule has 1 rings (SSSR count). The fourth-order valence-electron chi connectivity index (χ4n) is 0.309. The predicted molar refractivity (Wildman–Crippen MR) is 33.1 cm³/mol. The minimum absolute atomic E-state index is 0.0434. The highest BCUT2D eigenvalue weighted by molar-refractivity contribution is 7.82. The van der Waals surface area contributed by atoms with Crippen LogP contribution in [0.5, 0.6) is 0 Å². The van der Waals surface area contributed by atoms with Crippen LogP contribution in [-0.4, -0.2) is 15.3 Å². The van der Waals surface area contributed by atoms with Crippen LogP contribution in [0.25, 0.3) is 0 Å². The van der Waals surface area contributed by atoms with E-state index in [0.29, 0.717) is 9.35 Å². The number of hydrogen-bond donors (Lipinski definition) is 2. The average Bonchev–Trinajstić information content (AvgIpc) is 2.14. The van der Waals surface area contributed by atoms with Crippen LogP contribution < -0.4 is 0 Å². The van der Waals surface area contributed by atoms with Crippen LogP contribution in [0.15, 0.2) is 4.34 Å². The molecule has 0 aliphatic rings. The van der Waals surface area contributed by atoms with Gasteiger partial charge in [-0.2, -0.15) is 0 Å². The summed E-state index contributed by atoms with van der Waals surface area (Å²) in [5, 5.41) is 16.2. The second-order valence-electron chi connectivity index (χ2n) is 1.14. The summed E-state index contributed by atoms with van der Waals surface area (Å²) in [5.41, 5.74) is 0. The Labute approximate surface area is 55.8 Å². The minimum Gasteiger partial charge on any atom is -0.389 e. The van der Waals surface area contributed by atoms with E-state index in [1.807, 2.05) is 0 Å². The van der Waals surface area contributed by atoms with Crippen molar-refractivity contribution in [3.05, 3.63) is 5.01 Å². The molecule has 0 bridgehead atoms. The summed E-state index contributed by atoms with van der Waals surface area (Å²) in [5.74, 6) is 0. The predicted octanol–water partition coefficient (Wildman–Crippen LogP) is 0.319. The SMILES string of the molecule is OCc1nnc(S)s1. The van der Waals surface area contributed by atoms with Gasteiger partial charge >= 0.3 is 0 Å². The molecule has 0 atom stereocenters. The van der Waals surface area contributed by atoms with Crippen LogP contribution in [0, 0.1) is 0 Å². The first-order valence-electron chi connectivity index (χ1n) is 1.95. The summed E-state index contributed by atoms with van der Waals surface area (Å²) in [4.78, 5) is 0. The van der Waals surface area contributed by atoms with E-state index in [4.69, 9.17) is 5.11 Å². The van der Waals surface area contributed by atoms with Gasteiger partial charge in [-0.3, -0.25) is 0 Å². The Morgan fingerprint density at radius 3 is 2.62 bits per heavy atom. The third-order valence-electron chi connectivity index (χ3n) is 0.591. The van der Waals surface area contributed by atoms with Crippen molar-refractivity contribution in [2.24, 2.45) is 0 Å². The molecule has 3 nitrogen and oxygen atoms in total. The van der Waals surface area contributed by atoms with E-state index in [0.717, 1.165) is 0 Å². The summed E-state index contributed by atoms with van der Waals surface area (Å²) in [6.07, 6.45) is 0. The van der Waals surface area contributed by atoms with Gasteiger partial charge in [-0.1, -0.05) is 11.3 Å². The molecular weight excluding hydrogens is 144 g/mol. The fourth-order valence-corrected chi connectivity index (χ4v) is 1.11. The van der Waals surface area contributed by atoms with Gasteiger partial charge in [0, 0.05) is 0 Å². The summed E-state index contributed by atoms with van der Waals surface area (Å²) in [6, 6.07) is 0. The maximum absolute atomic E-state index is 8.42. The second-order valence-corrected chi connectivity index (χ2v) is 2.92. The molecule has 0 amide bonds. The highest BCUT2D eigenvalue weighted by atomic mass is 32.2. The standard InChI is InChI=1S/C3H4N2OS2/c6-1-2-4-5-3(7)8-2/h6H,1H2,(H,5,7). The zero-order valence-corrected chi connectivity index (χ0v) is 5.62. The number of thiol groups is 1. The number of aromatic nitrogens is 2. The number of nitrogens with zero attached hydrogens (tertiary/aromatic N) is 2. The Bertz CT molecular complexity index is 176. The lowest BCUT2D eigenvalue weighted by molar-refractivity contribution is 0.280. The third-order valence-corrected chi connectivity index (χ3v) is 1.67. The molecule has 1 aromatic heterocycles. The van der Waals surface area contributed by atoms with Crippen molar-refractivity contribution >= 4 is 24.0 Å². The number of hydrogen-bond acceptors (Lipinski definition) is 5. The van der Waals surface area contributed by atoms with Crippen molar-refractivity contribution in [3.8, 4) is 0 Å². The maximum Gasteiger partial charge on any atom is 0.171 e. The second kappa shape index (κ2) is 2.43. The molecule has 1 N–H and O–H groups in total. The van der Waals surface area contributed by atoms with Crippen molar-refractivity contribution in [1.82, 2.24) is 10.2 Å². The minimum atomic E-state index is -0.0434. The smallest absolute Gasteiger partial charge is 0.171 e. The van der Waals surface area contributed by atoms with Gasteiger partial charge in [-0.25, -0.2) is 0 Å². The monoisotopic (exact) mass is 148 g/mol. The molecule has 0 radical (unpaired) electrons. The van der Waals surface area contributed by atoms with E-state index in [9.17, 15) is 0 Å². The molecule has 8 heavy (non-hydrogen) atoms. The molecule has 5 heteroatoms. The van der Waals surface area contributed by atoms with E-state index in [2.05, 4.69) is 22.8 Å². The Morgan fingerprint density at radius 2 is 2.38 bits per heavy atom. The summed E-state index contributed by atoms with van der Waals surface area (Å²) < 4.78 is 0.592. The van der Waals surface area contributed by atoms with Gasteiger partial charge in [-0.15, -0.1) is 22.8 Å². The van der Waals surface area contributed by atoms with Crippen molar-refractivity contribution < 1.29 is 5.11 Å². The van der Waals surface area contributed by atoms with E-state index < -0.39 is 0 Å². The lowest BCUT2D eigenvalue weighted by atomic mass is 10.8. The Hall–Kier alpha value is -0.130. The molecule has 0 aromatic carbocycles. The third kappa shape index (κ3) is 1.18. The molecule has 0 fully saturated rings. The highest BCUT2D eigenvalue weighted by Gasteiger charge is 1.95. The molecule has 0 saturated carbocycles. The van der Waals surface area contributed by atoms with Crippen LogP contribution in [0.1, 0.15) is 5.01 Å². The maximum atomic E-state index is 8.42. The largest absolute Gasteiger partial charge is 0.389 e. The van der Waals surface area contributed by atoms with Crippen molar-refractivity contribution in [2.45, 2.75) is 10.9 Å². The lowest BCUT2D eigenvalue weighted by Gasteiger charge is -1.75. The van der Waals surface area contributed by atoms with Crippen molar-refractivity contribution in [2.75, 3.05) is 0 Å². The first kappa shape index (κ1) is 6.00. The Balaban J connectivity index is 2.84. The molecular formula is C3H4N2OS2. The van der Waals surface area contributed by atoms with Crippen LogP contribution >= 0.6 is 24.0 Å². The zero-order valence-electron chi connectivity index (χ0n) is 3.90. The van der Waals surface area contributed by atoms with E-state index in [-0.39, 0.29) is 6.61 Å². The summed E-state index contributed by atoms with van der Waals surface area (Å²) in [7, 11) is 0. The topological polar surface area (TPSA) is 46.0 Å². The van der Waals surface area contributed by atoms with Crippen LogP contribution in [-0.2, 0) is 6.61 Å². The molecule has 1 aromatic rings. The Kier molecular flexibility index (Phi) is 1.82. The molecule has 0 spiro atoms. The van der Waals surface area contributed by atoms with Gasteiger partial charge in [0.25, 0.3) is 0 Å². The van der Waals surface area contributed by atoms with E-state index in [1.54, 1.807) is 0 Å². The summed E-state index contributed by atoms with van der Waals surface area (Å²) in [6.45, 7) is -0.0434. The normalized spacial score (nSPS) is 9.75. The van der Waals surface area contributed by atoms with E-state index >= 15 is 0 Å². The van der Waals surface area contributed by atoms with E-state index in [1.165, 1.54) is 11.3 Å². The molecule has 0 aliphatic carbocycles. The molecule has 1 heterocycles. The number of rotatable bonds is 1. The quantitative estimate of drug-likeness (QED) is 0.564. The van der Waals surface area contributed by atoms with Gasteiger partial charge in [0.05, 0.1) is 6.61 Å². The zero-order chi connectivity index (χ0) is 5.98. The molecule has 0 saturated heterocycles. The highest BCUT2D eigenvalue weighted by Crippen LogP contribution is 2.11. The fraction of sp³-hybridized carbons (Fsp3) is 0.333.